The maximum absolute atomic E-state index is 10.5. The molecule has 0 radical (unpaired) electrons. The number of anilines is 2. The van der Waals surface area contributed by atoms with Crippen molar-refractivity contribution in [1.29, 1.82) is 0 Å². The Hall–Kier alpha value is -4.02. The van der Waals surface area contributed by atoms with E-state index in [-0.39, 0.29) is 5.76 Å². The zero-order chi connectivity index (χ0) is 24.4. The third-order valence-electron chi connectivity index (χ3n) is 5.78. The number of aliphatic hydroxyl groups excluding tert-OH is 1. The van der Waals surface area contributed by atoms with E-state index in [4.69, 9.17) is 10.5 Å². The first-order valence-electron chi connectivity index (χ1n) is 11.1. The average Bonchev–Trinajstić information content (AvgIpc) is 3.32. The van der Waals surface area contributed by atoms with E-state index < -0.39 is 0 Å². The van der Waals surface area contributed by atoms with E-state index in [1.165, 1.54) is 12.5 Å². The van der Waals surface area contributed by atoms with Gasteiger partial charge in [0.15, 0.2) is 5.76 Å². The van der Waals surface area contributed by atoms with Crippen LogP contribution in [0.25, 0.3) is 26.7 Å². The second kappa shape index (κ2) is 9.69. The van der Waals surface area contributed by atoms with Crippen molar-refractivity contribution < 1.29 is 9.84 Å². The molecule has 178 valence electrons. The van der Waals surface area contributed by atoms with Crippen molar-refractivity contribution in [1.82, 2.24) is 19.9 Å². The standard InChI is InChI=1S/C25H25N7O2S/c1-27-11-16(10-26)15-7-19-24(21(8-15)34-22-12-32(2)6-5-20(22)33)25(29-13-28-19)31-17-3-4-18-23(9-17)35-14-30-18/h3-4,7-11,13-14,33H,5-6,12,26H2,1-2H3,(H,28,29,31). The number of likely N-dealkylation sites (N-methyl/N-ethyl adjacent to an activating group) is 1. The highest BCUT2D eigenvalue weighted by molar-refractivity contribution is 7.16. The fourth-order valence-corrected chi connectivity index (χ4v) is 4.71. The van der Waals surface area contributed by atoms with Crippen LogP contribution in [0.2, 0.25) is 0 Å². The van der Waals surface area contributed by atoms with Gasteiger partial charge in [0.1, 0.15) is 23.7 Å². The van der Waals surface area contributed by atoms with Crippen LogP contribution < -0.4 is 15.8 Å². The Bertz CT molecular complexity index is 1490. The molecule has 2 aromatic heterocycles. The normalized spacial score (nSPS) is 15.4. The summed E-state index contributed by atoms with van der Waals surface area (Å²) in [5.41, 5.74) is 11.7. The minimum atomic E-state index is 0.244. The number of aromatic nitrogens is 3. The molecule has 0 spiro atoms. The molecular weight excluding hydrogens is 462 g/mol. The molecule has 4 aromatic rings. The lowest BCUT2D eigenvalue weighted by molar-refractivity contribution is 0.222. The third-order valence-corrected chi connectivity index (χ3v) is 6.57. The van der Waals surface area contributed by atoms with E-state index >= 15 is 0 Å². The summed E-state index contributed by atoms with van der Waals surface area (Å²) in [5.74, 6) is 1.85. The van der Waals surface area contributed by atoms with Crippen molar-refractivity contribution in [3.63, 3.8) is 0 Å². The number of aliphatic imine (C=N–C) groups is 1. The number of benzene rings is 2. The van der Waals surface area contributed by atoms with Gasteiger partial charge in [-0.3, -0.25) is 9.89 Å². The number of hydrogen-bond acceptors (Lipinski definition) is 10. The number of allylic oxidation sites excluding steroid dienone is 1. The van der Waals surface area contributed by atoms with Crippen molar-refractivity contribution in [3.05, 3.63) is 65.5 Å². The molecule has 0 fully saturated rings. The smallest absolute Gasteiger partial charge is 0.155 e. The van der Waals surface area contributed by atoms with Gasteiger partial charge in [-0.15, -0.1) is 11.3 Å². The monoisotopic (exact) mass is 487 g/mol. The predicted molar refractivity (Wildman–Crippen MR) is 141 cm³/mol. The van der Waals surface area contributed by atoms with Crippen LogP contribution in [-0.4, -0.2) is 58.4 Å². The molecule has 0 aliphatic carbocycles. The van der Waals surface area contributed by atoms with Crippen LogP contribution in [0.4, 0.5) is 11.5 Å². The highest BCUT2D eigenvalue weighted by Gasteiger charge is 2.21. The molecule has 0 unspecified atom stereocenters. The molecule has 0 bridgehead atoms. The first-order valence-corrected chi connectivity index (χ1v) is 11.9. The van der Waals surface area contributed by atoms with Gasteiger partial charge in [-0.05, 0) is 42.9 Å². The Morgan fingerprint density at radius 3 is 2.94 bits per heavy atom. The second-order valence-corrected chi connectivity index (χ2v) is 9.11. The van der Waals surface area contributed by atoms with Crippen LogP contribution >= 0.6 is 11.3 Å². The summed E-state index contributed by atoms with van der Waals surface area (Å²) in [6.45, 7) is 1.26. The molecular formula is C25H25N7O2S. The lowest BCUT2D eigenvalue weighted by atomic mass is 10.0. The molecule has 3 heterocycles. The van der Waals surface area contributed by atoms with Crippen molar-refractivity contribution in [3.8, 4) is 5.75 Å². The van der Waals surface area contributed by atoms with E-state index in [0.717, 1.165) is 33.6 Å². The van der Waals surface area contributed by atoms with Crippen LogP contribution in [0, 0.1) is 0 Å². The quantitative estimate of drug-likeness (QED) is 0.341. The minimum Gasteiger partial charge on any atom is -0.509 e. The van der Waals surface area contributed by atoms with Gasteiger partial charge in [0.25, 0.3) is 0 Å². The van der Waals surface area contributed by atoms with Gasteiger partial charge in [-0.1, -0.05) is 0 Å². The largest absolute Gasteiger partial charge is 0.509 e. The minimum absolute atomic E-state index is 0.244. The molecule has 0 atom stereocenters. The van der Waals surface area contributed by atoms with Gasteiger partial charge in [-0.25, -0.2) is 15.0 Å². The molecule has 4 N–H and O–H groups in total. The lowest BCUT2D eigenvalue weighted by Gasteiger charge is -2.25. The lowest BCUT2D eigenvalue weighted by Crippen LogP contribution is -2.30. The van der Waals surface area contributed by atoms with Crippen molar-refractivity contribution in [2.24, 2.45) is 10.7 Å². The first-order chi connectivity index (χ1) is 17.1. The van der Waals surface area contributed by atoms with Crippen LogP contribution in [0.1, 0.15) is 12.0 Å². The highest BCUT2D eigenvalue weighted by atomic mass is 32.1. The topological polar surface area (TPSA) is 122 Å². The first kappa shape index (κ1) is 22.8. The number of ether oxygens (including phenoxy) is 1. The number of hydrogen-bond donors (Lipinski definition) is 3. The maximum Gasteiger partial charge on any atom is 0.155 e. The zero-order valence-corrected chi connectivity index (χ0v) is 20.2. The number of nitrogens with one attached hydrogen (secondary N) is 1. The summed E-state index contributed by atoms with van der Waals surface area (Å²) in [6, 6.07) is 9.76. The Morgan fingerprint density at radius 2 is 2.11 bits per heavy atom. The number of nitrogens with two attached hydrogens (primary N) is 1. The Balaban J connectivity index is 1.65. The summed E-state index contributed by atoms with van der Waals surface area (Å²) in [5, 5.41) is 14.6. The summed E-state index contributed by atoms with van der Waals surface area (Å²) in [6.07, 6.45) is 5.21. The van der Waals surface area contributed by atoms with E-state index in [0.29, 0.717) is 41.2 Å². The molecule has 0 saturated heterocycles. The Kier molecular flexibility index (Phi) is 6.30. The molecule has 10 heteroatoms. The molecule has 1 aliphatic heterocycles. The van der Waals surface area contributed by atoms with Gasteiger partial charge < -0.3 is 20.9 Å². The molecule has 0 amide bonds. The van der Waals surface area contributed by atoms with Crippen LogP contribution in [0.5, 0.6) is 5.75 Å². The van der Waals surface area contributed by atoms with Crippen LogP contribution in [0.15, 0.2) is 64.9 Å². The van der Waals surface area contributed by atoms with E-state index in [9.17, 15) is 5.11 Å². The molecule has 5 rings (SSSR count). The molecule has 2 aromatic carbocycles. The fraction of sp³-hybridized carbons (Fsp3) is 0.200. The van der Waals surface area contributed by atoms with E-state index in [1.807, 2.05) is 42.9 Å². The summed E-state index contributed by atoms with van der Waals surface area (Å²) in [7, 11) is 3.68. The summed E-state index contributed by atoms with van der Waals surface area (Å²) < 4.78 is 7.42. The van der Waals surface area contributed by atoms with Gasteiger partial charge in [0.2, 0.25) is 0 Å². The van der Waals surface area contributed by atoms with E-state index in [2.05, 4.69) is 30.2 Å². The summed E-state index contributed by atoms with van der Waals surface area (Å²) in [4.78, 5) is 19.6. The average molecular weight is 488 g/mol. The number of nitrogens with zero attached hydrogens (tertiary/aromatic N) is 5. The molecule has 1 aliphatic rings. The van der Waals surface area contributed by atoms with Crippen LogP contribution in [0.3, 0.4) is 0 Å². The van der Waals surface area contributed by atoms with Crippen molar-refractivity contribution in [2.75, 3.05) is 32.5 Å². The Morgan fingerprint density at radius 1 is 1.23 bits per heavy atom. The van der Waals surface area contributed by atoms with Gasteiger partial charge in [0.05, 0.1) is 33.2 Å². The number of aliphatic hydroxyl groups is 1. The number of fused-ring (bicyclic) bond motifs is 2. The van der Waals surface area contributed by atoms with Gasteiger partial charge in [0, 0.05) is 43.7 Å². The highest BCUT2D eigenvalue weighted by Crippen LogP contribution is 2.37. The fourth-order valence-electron chi connectivity index (χ4n) is 3.99. The zero-order valence-electron chi connectivity index (χ0n) is 19.4. The van der Waals surface area contributed by atoms with Crippen molar-refractivity contribution >= 4 is 55.7 Å². The SMILES string of the molecule is CN=CC(=CN)c1cc(OC2=C(O)CCN(C)C2)c2c(Nc3ccc4ncsc4c3)ncnc2c1. The van der Waals surface area contributed by atoms with E-state index in [1.54, 1.807) is 24.6 Å². The second-order valence-electron chi connectivity index (χ2n) is 8.22. The van der Waals surface area contributed by atoms with Crippen LogP contribution in [-0.2, 0) is 0 Å². The molecule has 0 saturated carbocycles. The predicted octanol–water partition coefficient (Wildman–Crippen LogP) is 4.47. The Labute approximate surface area is 206 Å². The molecule has 35 heavy (non-hydrogen) atoms. The summed E-state index contributed by atoms with van der Waals surface area (Å²) >= 11 is 1.58. The van der Waals surface area contributed by atoms with Crippen molar-refractivity contribution in [2.45, 2.75) is 6.42 Å². The van der Waals surface area contributed by atoms with Gasteiger partial charge >= 0.3 is 0 Å². The van der Waals surface area contributed by atoms with Gasteiger partial charge in [-0.2, -0.15) is 0 Å². The molecule has 9 nitrogen and oxygen atoms in total. The maximum atomic E-state index is 10.5. The number of rotatable bonds is 6. The third kappa shape index (κ3) is 4.66. The number of thiazole rings is 1.